The summed E-state index contributed by atoms with van der Waals surface area (Å²) in [5, 5.41) is 12.3. The van der Waals surface area contributed by atoms with Crippen molar-refractivity contribution in [1.82, 2.24) is 9.97 Å². The molecule has 0 saturated carbocycles. The summed E-state index contributed by atoms with van der Waals surface area (Å²) < 4.78 is 0. The lowest BCUT2D eigenvalue weighted by Gasteiger charge is -2.44. The van der Waals surface area contributed by atoms with Crippen molar-refractivity contribution in [2.24, 2.45) is 0 Å². The Bertz CT molecular complexity index is 659. The topological polar surface area (TPSA) is 49.2 Å². The quantitative estimate of drug-likeness (QED) is 0.864. The van der Waals surface area contributed by atoms with Gasteiger partial charge in [0.1, 0.15) is 11.0 Å². The van der Waals surface area contributed by atoms with Crippen molar-refractivity contribution in [2.75, 3.05) is 11.4 Å². The molecule has 2 aromatic rings. The molecule has 0 aromatic carbocycles. The predicted molar refractivity (Wildman–Crippen MR) is 81.5 cm³/mol. The molecule has 3 rings (SSSR count). The molecule has 1 N–H and O–H groups in total. The summed E-state index contributed by atoms with van der Waals surface area (Å²) in [6, 6.07) is 1.99. The molecule has 4 nitrogen and oxygen atoms in total. The number of aliphatic hydroxyl groups is 1. The number of fused-ring (bicyclic) bond motifs is 1. The molecule has 5 heteroatoms. The van der Waals surface area contributed by atoms with Gasteiger partial charge in [-0.15, -0.1) is 0 Å². The van der Waals surface area contributed by atoms with Crippen LogP contribution in [0.1, 0.15) is 32.3 Å². The first-order valence-corrected chi connectivity index (χ1v) is 7.25. The number of halogens is 1. The first-order valence-electron chi connectivity index (χ1n) is 6.88. The van der Waals surface area contributed by atoms with Crippen LogP contribution in [0.15, 0.2) is 18.5 Å². The lowest BCUT2D eigenvalue weighted by Crippen LogP contribution is -2.59. The van der Waals surface area contributed by atoms with E-state index in [1.54, 1.807) is 6.20 Å². The van der Waals surface area contributed by atoms with Gasteiger partial charge in [-0.1, -0.05) is 25.4 Å². The molecule has 0 aliphatic carbocycles. The molecule has 0 spiro atoms. The molecule has 106 valence electrons. The maximum absolute atomic E-state index is 9.70. The molecule has 2 unspecified atom stereocenters. The van der Waals surface area contributed by atoms with Crippen molar-refractivity contribution in [3.8, 4) is 0 Å². The Kier molecular flexibility index (Phi) is 3.30. The molecule has 0 amide bonds. The van der Waals surface area contributed by atoms with Crippen LogP contribution in [0.2, 0.25) is 5.15 Å². The van der Waals surface area contributed by atoms with Crippen LogP contribution in [0.25, 0.3) is 10.8 Å². The van der Waals surface area contributed by atoms with Crippen molar-refractivity contribution >= 4 is 28.2 Å². The zero-order valence-corrected chi connectivity index (χ0v) is 12.6. The monoisotopic (exact) mass is 291 g/mol. The van der Waals surface area contributed by atoms with Crippen molar-refractivity contribution in [3.63, 3.8) is 0 Å². The van der Waals surface area contributed by atoms with Crippen molar-refractivity contribution in [1.29, 1.82) is 0 Å². The molecule has 0 bridgehead atoms. The molecule has 0 radical (unpaired) electrons. The third-order valence-electron chi connectivity index (χ3n) is 4.07. The summed E-state index contributed by atoms with van der Waals surface area (Å²) in [6.07, 6.45) is 3.41. The Balaban J connectivity index is 2.18. The van der Waals surface area contributed by atoms with E-state index >= 15 is 0 Å². The average molecular weight is 292 g/mol. The van der Waals surface area contributed by atoms with E-state index < -0.39 is 0 Å². The number of aliphatic hydroxyl groups excluding tert-OH is 1. The zero-order chi connectivity index (χ0) is 14.4. The van der Waals surface area contributed by atoms with Gasteiger partial charge in [-0.3, -0.25) is 0 Å². The summed E-state index contributed by atoms with van der Waals surface area (Å²) in [4.78, 5) is 10.9. The van der Waals surface area contributed by atoms with Gasteiger partial charge in [0.15, 0.2) is 0 Å². The van der Waals surface area contributed by atoms with Crippen molar-refractivity contribution < 1.29 is 5.11 Å². The second-order valence-corrected chi connectivity index (χ2v) is 6.09. The molecular formula is C15H18ClN3O. The van der Waals surface area contributed by atoms with E-state index in [0.717, 1.165) is 16.6 Å². The highest BCUT2D eigenvalue weighted by molar-refractivity contribution is 6.30. The largest absolute Gasteiger partial charge is 0.389 e. The van der Waals surface area contributed by atoms with Crippen LogP contribution in [-0.2, 0) is 0 Å². The van der Waals surface area contributed by atoms with Crippen LogP contribution < -0.4 is 4.90 Å². The Labute approximate surface area is 123 Å². The van der Waals surface area contributed by atoms with E-state index in [2.05, 4.69) is 28.7 Å². The molecular weight excluding hydrogens is 274 g/mol. The standard InChI is InChI=1S/C15H18ClN3O/c1-8(2)11-5-18-15(19-7-13(20)9(19)3)12-6-17-14(16)4-10(11)12/h4-6,8-9,13,20H,7H2,1-3H3. The normalized spacial score (nSPS) is 22.4. The maximum atomic E-state index is 9.70. The highest BCUT2D eigenvalue weighted by atomic mass is 35.5. The Hall–Kier alpha value is -1.39. The number of rotatable bonds is 2. The SMILES string of the molecule is CC(C)c1cnc(N2CC(O)C2C)c2cnc(Cl)cc12. The van der Waals surface area contributed by atoms with Gasteiger partial charge in [-0.25, -0.2) is 9.97 Å². The molecule has 20 heavy (non-hydrogen) atoms. The van der Waals surface area contributed by atoms with Crippen molar-refractivity contribution in [3.05, 3.63) is 29.2 Å². The number of β-amino-alcohol motifs (C(OH)–C–C–N with tert-alkyl or cyclic N) is 1. The van der Waals surface area contributed by atoms with Crippen LogP contribution in [0.3, 0.4) is 0 Å². The van der Waals surface area contributed by atoms with E-state index in [4.69, 9.17) is 11.6 Å². The second kappa shape index (κ2) is 4.86. The fraction of sp³-hybridized carbons (Fsp3) is 0.467. The average Bonchev–Trinajstić information content (AvgIpc) is 2.42. The number of nitrogens with zero attached hydrogens (tertiary/aromatic N) is 3. The molecule has 1 aliphatic rings. The smallest absolute Gasteiger partial charge is 0.138 e. The summed E-state index contributed by atoms with van der Waals surface area (Å²) in [6.45, 7) is 6.90. The van der Waals surface area contributed by atoms with Crippen LogP contribution >= 0.6 is 11.6 Å². The third kappa shape index (κ3) is 2.03. The minimum atomic E-state index is -0.281. The third-order valence-corrected chi connectivity index (χ3v) is 4.28. The van der Waals surface area contributed by atoms with Crippen LogP contribution in [0.5, 0.6) is 0 Å². The van der Waals surface area contributed by atoms with E-state index in [1.807, 2.05) is 19.2 Å². The Morgan fingerprint density at radius 2 is 2.05 bits per heavy atom. The molecule has 2 atom stereocenters. The van der Waals surface area contributed by atoms with Gasteiger partial charge >= 0.3 is 0 Å². The number of hydrogen-bond donors (Lipinski definition) is 1. The molecule has 1 fully saturated rings. The lowest BCUT2D eigenvalue weighted by atomic mass is 9.97. The number of pyridine rings is 2. The summed E-state index contributed by atoms with van der Waals surface area (Å²) in [7, 11) is 0. The highest BCUT2D eigenvalue weighted by Crippen LogP contribution is 2.35. The van der Waals surface area contributed by atoms with E-state index in [-0.39, 0.29) is 12.1 Å². The summed E-state index contributed by atoms with van der Waals surface area (Å²) in [5.74, 6) is 1.25. The first kappa shape index (κ1) is 13.6. The molecule has 1 saturated heterocycles. The van der Waals surface area contributed by atoms with Crippen LogP contribution in [-0.4, -0.2) is 33.8 Å². The van der Waals surface area contributed by atoms with Crippen LogP contribution in [0, 0.1) is 0 Å². The minimum absolute atomic E-state index is 0.0891. The first-order chi connectivity index (χ1) is 9.49. The van der Waals surface area contributed by atoms with Gasteiger partial charge in [0.05, 0.1) is 12.1 Å². The molecule has 2 aromatic heterocycles. The summed E-state index contributed by atoms with van der Waals surface area (Å²) in [5.41, 5.74) is 1.17. The second-order valence-electron chi connectivity index (χ2n) is 5.70. The Morgan fingerprint density at radius 3 is 2.65 bits per heavy atom. The fourth-order valence-corrected chi connectivity index (χ4v) is 2.83. The van der Waals surface area contributed by atoms with Gasteiger partial charge in [-0.05, 0) is 29.9 Å². The Morgan fingerprint density at radius 1 is 1.30 bits per heavy atom. The molecule has 1 aliphatic heterocycles. The zero-order valence-electron chi connectivity index (χ0n) is 11.8. The molecule has 3 heterocycles. The number of aromatic nitrogens is 2. The maximum Gasteiger partial charge on any atom is 0.138 e. The predicted octanol–water partition coefficient (Wildman–Crippen LogP) is 2.98. The van der Waals surface area contributed by atoms with Gasteiger partial charge in [0, 0.05) is 24.3 Å². The van der Waals surface area contributed by atoms with Gasteiger partial charge in [0.2, 0.25) is 0 Å². The number of hydrogen-bond acceptors (Lipinski definition) is 4. The van der Waals surface area contributed by atoms with Gasteiger partial charge < -0.3 is 10.0 Å². The fourth-order valence-electron chi connectivity index (χ4n) is 2.68. The van der Waals surface area contributed by atoms with E-state index in [0.29, 0.717) is 17.6 Å². The van der Waals surface area contributed by atoms with E-state index in [9.17, 15) is 5.11 Å². The van der Waals surface area contributed by atoms with Gasteiger partial charge in [-0.2, -0.15) is 0 Å². The lowest BCUT2D eigenvalue weighted by molar-refractivity contribution is 0.0990. The van der Waals surface area contributed by atoms with Crippen molar-refractivity contribution in [2.45, 2.75) is 38.8 Å². The van der Waals surface area contributed by atoms with Gasteiger partial charge in [0.25, 0.3) is 0 Å². The summed E-state index contributed by atoms with van der Waals surface area (Å²) >= 11 is 6.04. The van der Waals surface area contributed by atoms with E-state index in [1.165, 1.54) is 5.56 Å². The minimum Gasteiger partial charge on any atom is -0.389 e. The number of anilines is 1. The van der Waals surface area contributed by atoms with Crippen LogP contribution in [0.4, 0.5) is 5.82 Å². The highest BCUT2D eigenvalue weighted by Gasteiger charge is 2.35.